The number of hydrogen-bond acceptors (Lipinski definition) is 4. The number of aromatic nitrogens is 2. The van der Waals surface area contributed by atoms with Crippen molar-refractivity contribution in [2.24, 2.45) is 0 Å². The minimum absolute atomic E-state index is 0.0274. The predicted molar refractivity (Wildman–Crippen MR) is 113 cm³/mol. The zero-order chi connectivity index (χ0) is 19.7. The highest BCUT2D eigenvalue weighted by molar-refractivity contribution is 7.99. The van der Waals surface area contributed by atoms with Gasteiger partial charge < -0.3 is 5.32 Å². The van der Waals surface area contributed by atoms with Gasteiger partial charge in [-0.1, -0.05) is 53.7 Å². The molecule has 5 nitrogen and oxygen atoms in total. The second-order valence-electron chi connectivity index (χ2n) is 6.92. The van der Waals surface area contributed by atoms with Crippen molar-refractivity contribution in [3.05, 3.63) is 69.5 Å². The van der Waals surface area contributed by atoms with Gasteiger partial charge in [-0.25, -0.2) is 4.98 Å². The molecule has 7 heteroatoms. The molecule has 1 aliphatic rings. The van der Waals surface area contributed by atoms with E-state index in [9.17, 15) is 9.59 Å². The van der Waals surface area contributed by atoms with Gasteiger partial charge in [-0.05, 0) is 43.5 Å². The molecule has 0 aliphatic heterocycles. The minimum atomic E-state index is -0.197. The molecule has 1 N–H and O–H groups in total. The molecule has 1 heterocycles. The molecule has 1 saturated carbocycles. The maximum absolute atomic E-state index is 12.9. The summed E-state index contributed by atoms with van der Waals surface area (Å²) in [6.45, 7) is 1.90. The van der Waals surface area contributed by atoms with E-state index in [0.29, 0.717) is 21.1 Å². The Morgan fingerprint density at radius 3 is 2.71 bits per heavy atom. The van der Waals surface area contributed by atoms with Gasteiger partial charge in [0.05, 0.1) is 22.7 Å². The third-order valence-electron chi connectivity index (χ3n) is 4.77. The standard InChI is InChI=1S/C21H20ClN3O2S/c1-13(15-6-2-4-8-17(15)22)23-19(26)12-28-21-24-18-9-5-3-7-16(18)20(27)25(21)14-10-11-14/h2-9,13-14H,10-12H2,1H3,(H,23,26)/t13-/m0/s1. The highest BCUT2D eigenvalue weighted by atomic mass is 35.5. The lowest BCUT2D eigenvalue weighted by Gasteiger charge is -2.16. The Bertz CT molecular complexity index is 1090. The molecule has 2 aromatic carbocycles. The fourth-order valence-electron chi connectivity index (χ4n) is 3.20. The summed E-state index contributed by atoms with van der Waals surface area (Å²) >= 11 is 7.51. The van der Waals surface area contributed by atoms with Crippen LogP contribution < -0.4 is 10.9 Å². The smallest absolute Gasteiger partial charge is 0.262 e. The average Bonchev–Trinajstić information content (AvgIpc) is 3.51. The van der Waals surface area contributed by atoms with E-state index in [1.807, 2.05) is 49.4 Å². The molecule has 1 aliphatic carbocycles. The van der Waals surface area contributed by atoms with Gasteiger partial charge in [0.1, 0.15) is 0 Å². The first-order chi connectivity index (χ1) is 13.5. The first kappa shape index (κ1) is 19.0. The van der Waals surface area contributed by atoms with E-state index in [1.54, 1.807) is 10.6 Å². The fraction of sp³-hybridized carbons (Fsp3) is 0.286. The Kier molecular flexibility index (Phi) is 5.42. The Morgan fingerprint density at radius 2 is 1.96 bits per heavy atom. The summed E-state index contributed by atoms with van der Waals surface area (Å²) in [5.74, 6) is 0.0638. The second kappa shape index (κ2) is 7.97. The van der Waals surface area contributed by atoms with E-state index in [4.69, 9.17) is 11.6 Å². The largest absolute Gasteiger partial charge is 0.349 e. The zero-order valence-electron chi connectivity index (χ0n) is 15.4. The summed E-state index contributed by atoms with van der Waals surface area (Å²) in [5.41, 5.74) is 1.51. The number of carbonyl (C=O) groups is 1. The number of fused-ring (bicyclic) bond motifs is 1. The molecule has 1 aromatic heterocycles. The van der Waals surface area contributed by atoms with Crippen molar-refractivity contribution in [1.29, 1.82) is 0 Å². The van der Waals surface area contributed by atoms with Gasteiger partial charge >= 0.3 is 0 Å². The van der Waals surface area contributed by atoms with E-state index < -0.39 is 0 Å². The Morgan fingerprint density at radius 1 is 1.25 bits per heavy atom. The van der Waals surface area contributed by atoms with Gasteiger partial charge in [0.25, 0.3) is 5.56 Å². The molecule has 1 fully saturated rings. The maximum atomic E-state index is 12.9. The Balaban J connectivity index is 1.51. The summed E-state index contributed by atoms with van der Waals surface area (Å²) in [6.07, 6.45) is 1.95. The molecule has 0 saturated heterocycles. The third-order valence-corrected chi connectivity index (χ3v) is 6.07. The highest BCUT2D eigenvalue weighted by Crippen LogP contribution is 2.36. The van der Waals surface area contributed by atoms with Crippen molar-refractivity contribution in [1.82, 2.24) is 14.9 Å². The number of nitrogens with one attached hydrogen (secondary N) is 1. The number of amides is 1. The molecular weight excluding hydrogens is 394 g/mol. The predicted octanol–water partition coefficient (Wildman–Crippen LogP) is 4.35. The molecule has 0 bridgehead atoms. The normalized spacial score (nSPS) is 14.8. The van der Waals surface area contributed by atoms with Crippen molar-refractivity contribution in [2.75, 3.05) is 5.75 Å². The molecule has 144 valence electrons. The SMILES string of the molecule is C[C@H](NC(=O)CSc1nc2ccccc2c(=O)n1C1CC1)c1ccccc1Cl. The van der Waals surface area contributed by atoms with Gasteiger partial charge in [-0.2, -0.15) is 0 Å². The first-order valence-corrected chi connectivity index (χ1v) is 10.6. The van der Waals surface area contributed by atoms with Gasteiger partial charge in [-0.3, -0.25) is 14.2 Å². The van der Waals surface area contributed by atoms with Crippen LogP contribution in [0.4, 0.5) is 0 Å². The topological polar surface area (TPSA) is 64.0 Å². The van der Waals surface area contributed by atoms with Crippen molar-refractivity contribution in [3.63, 3.8) is 0 Å². The van der Waals surface area contributed by atoms with Crippen LogP contribution >= 0.6 is 23.4 Å². The molecular formula is C21H20ClN3O2S. The number of thioether (sulfide) groups is 1. The number of para-hydroxylation sites is 1. The van der Waals surface area contributed by atoms with E-state index in [0.717, 1.165) is 18.4 Å². The van der Waals surface area contributed by atoms with Crippen molar-refractivity contribution in [2.45, 2.75) is 37.0 Å². The molecule has 4 rings (SSSR count). The molecule has 1 amide bonds. The van der Waals surface area contributed by atoms with Crippen LogP contribution in [0.25, 0.3) is 10.9 Å². The number of benzene rings is 2. The second-order valence-corrected chi connectivity index (χ2v) is 8.27. The zero-order valence-corrected chi connectivity index (χ0v) is 17.0. The number of rotatable bonds is 6. The maximum Gasteiger partial charge on any atom is 0.262 e. The van der Waals surface area contributed by atoms with Crippen LogP contribution in [-0.2, 0) is 4.79 Å². The minimum Gasteiger partial charge on any atom is -0.349 e. The van der Waals surface area contributed by atoms with E-state index >= 15 is 0 Å². The third kappa shape index (κ3) is 3.93. The number of carbonyl (C=O) groups excluding carboxylic acids is 1. The average molecular weight is 414 g/mol. The Labute approximate surface area is 172 Å². The first-order valence-electron chi connectivity index (χ1n) is 9.22. The molecule has 1 atom stereocenters. The molecule has 0 radical (unpaired) electrons. The van der Waals surface area contributed by atoms with Crippen molar-refractivity contribution < 1.29 is 4.79 Å². The van der Waals surface area contributed by atoms with Crippen LogP contribution in [0.15, 0.2) is 58.5 Å². The summed E-state index contributed by atoms with van der Waals surface area (Å²) < 4.78 is 1.75. The molecule has 0 spiro atoms. The van der Waals surface area contributed by atoms with Gasteiger partial charge in [0.2, 0.25) is 5.91 Å². The highest BCUT2D eigenvalue weighted by Gasteiger charge is 2.28. The monoisotopic (exact) mass is 413 g/mol. The molecule has 28 heavy (non-hydrogen) atoms. The summed E-state index contributed by atoms with van der Waals surface area (Å²) in [6, 6.07) is 14.8. The fourth-order valence-corrected chi connectivity index (χ4v) is 4.38. The van der Waals surface area contributed by atoms with Crippen LogP contribution in [0.1, 0.15) is 37.4 Å². The van der Waals surface area contributed by atoms with Crippen LogP contribution in [0.3, 0.4) is 0 Å². The number of hydrogen-bond donors (Lipinski definition) is 1. The lowest BCUT2D eigenvalue weighted by atomic mass is 10.1. The van der Waals surface area contributed by atoms with E-state index in [2.05, 4.69) is 10.3 Å². The summed E-state index contributed by atoms with van der Waals surface area (Å²) in [7, 11) is 0. The number of nitrogens with zero attached hydrogens (tertiary/aromatic N) is 2. The van der Waals surface area contributed by atoms with Crippen LogP contribution in [0, 0.1) is 0 Å². The van der Waals surface area contributed by atoms with Crippen LogP contribution in [0.5, 0.6) is 0 Å². The summed E-state index contributed by atoms with van der Waals surface area (Å²) in [4.78, 5) is 30.0. The van der Waals surface area contributed by atoms with E-state index in [-0.39, 0.29) is 29.3 Å². The lowest BCUT2D eigenvalue weighted by molar-refractivity contribution is -0.119. The van der Waals surface area contributed by atoms with Crippen LogP contribution in [-0.4, -0.2) is 21.2 Å². The quantitative estimate of drug-likeness (QED) is 0.482. The van der Waals surface area contributed by atoms with Gasteiger partial charge in [0.15, 0.2) is 5.16 Å². The molecule has 0 unspecified atom stereocenters. The lowest BCUT2D eigenvalue weighted by Crippen LogP contribution is -2.29. The van der Waals surface area contributed by atoms with Crippen molar-refractivity contribution >= 4 is 40.2 Å². The van der Waals surface area contributed by atoms with E-state index in [1.165, 1.54) is 11.8 Å². The van der Waals surface area contributed by atoms with Crippen molar-refractivity contribution in [3.8, 4) is 0 Å². The summed E-state index contributed by atoms with van der Waals surface area (Å²) in [5, 5.41) is 4.81. The van der Waals surface area contributed by atoms with Gasteiger partial charge in [0, 0.05) is 11.1 Å². The Hall–Kier alpha value is -2.31. The van der Waals surface area contributed by atoms with Gasteiger partial charge in [-0.15, -0.1) is 0 Å². The van der Waals surface area contributed by atoms with Crippen LogP contribution in [0.2, 0.25) is 5.02 Å². The molecule has 3 aromatic rings. The number of halogens is 1.